The summed E-state index contributed by atoms with van der Waals surface area (Å²) in [6, 6.07) is 11.8. The van der Waals surface area contributed by atoms with Crippen molar-refractivity contribution in [3.8, 4) is 10.4 Å². The molecule has 0 spiro atoms. The van der Waals surface area contributed by atoms with E-state index in [1.807, 2.05) is 0 Å². The van der Waals surface area contributed by atoms with Gasteiger partial charge in [-0.05, 0) is 36.8 Å². The third-order valence-electron chi connectivity index (χ3n) is 3.96. The van der Waals surface area contributed by atoms with E-state index < -0.39 is 23.6 Å². The highest BCUT2D eigenvalue weighted by Gasteiger charge is 2.39. The first-order valence-electron chi connectivity index (χ1n) is 7.89. The van der Waals surface area contributed by atoms with E-state index in [0.717, 1.165) is 0 Å². The third kappa shape index (κ3) is 2.89. The summed E-state index contributed by atoms with van der Waals surface area (Å²) in [4.78, 5) is 47.0. The lowest BCUT2D eigenvalue weighted by molar-refractivity contribution is -0.0587. The topological polar surface area (TPSA) is 76.6 Å². The molecule has 1 aliphatic heterocycles. The second-order valence-electron chi connectivity index (χ2n) is 5.75. The number of benzene rings is 2. The van der Waals surface area contributed by atoms with Crippen LogP contribution < -0.4 is 0 Å². The molecular weight excluding hydrogens is 371 g/mol. The summed E-state index contributed by atoms with van der Waals surface area (Å²) >= 11 is 1.23. The molecule has 6 nitrogen and oxygen atoms in total. The van der Waals surface area contributed by atoms with Crippen LogP contribution in [0.25, 0.3) is 10.4 Å². The fraction of sp³-hybridized carbons (Fsp3) is 0.0526. The van der Waals surface area contributed by atoms with Crippen LogP contribution in [0.2, 0.25) is 0 Å². The van der Waals surface area contributed by atoms with Crippen LogP contribution in [0.1, 0.15) is 36.2 Å². The van der Waals surface area contributed by atoms with Crippen molar-refractivity contribution in [1.29, 1.82) is 0 Å². The Morgan fingerprint density at radius 1 is 1.04 bits per heavy atom. The number of rotatable bonds is 3. The minimum Gasteiger partial charge on any atom is -0.322 e. The first-order valence-corrected chi connectivity index (χ1v) is 8.71. The first-order chi connectivity index (χ1) is 13.0. The van der Waals surface area contributed by atoms with Gasteiger partial charge in [0.2, 0.25) is 0 Å². The van der Waals surface area contributed by atoms with Gasteiger partial charge in [0.25, 0.3) is 11.8 Å². The maximum Gasteiger partial charge on any atom is 0.383 e. The minimum absolute atomic E-state index is 0.0411. The average molecular weight is 382 g/mol. The van der Waals surface area contributed by atoms with Gasteiger partial charge in [0.15, 0.2) is 5.69 Å². The Balaban J connectivity index is 1.64. The fourth-order valence-electron chi connectivity index (χ4n) is 2.74. The summed E-state index contributed by atoms with van der Waals surface area (Å²) in [5.41, 5.74) is 0.879. The van der Waals surface area contributed by atoms with Crippen LogP contribution in [0.5, 0.6) is 0 Å². The summed E-state index contributed by atoms with van der Waals surface area (Å²) in [6.07, 6.45) is 0. The van der Waals surface area contributed by atoms with E-state index >= 15 is 0 Å². The Kier molecular flexibility index (Phi) is 4.04. The van der Waals surface area contributed by atoms with Crippen LogP contribution in [0.15, 0.2) is 48.5 Å². The Morgan fingerprint density at radius 2 is 1.63 bits per heavy atom. The Labute approximate surface area is 156 Å². The molecule has 0 unspecified atom stereocenters. The molecule has 4 rings (SSSR count). The molecule has 0 bridgehead atoms. The van der Waals surface area contributed by atoms with Gasteiger partial charge in [-0.1, -0.05) is 29.3 Å². The second kappa shape index (κ2) is 6.40. The summed E-state index contributed by atoms with van der Waals surface area (Å²) in [7, 11) is 0. The number of fused-ring (bicyclic) bond motifs is 1. The zero-order valence-electron chi connectivity index (χ0n) is 13.9. The zero-order chi connectivity index (χ0) is 19.1. The van der Waals surface area contributed by atoms with Gasteiger partial charge in [-0.15, -0.1) is 11.3 Å². The van der Waals surface area contributed by atoms with E-state index in [4.69, 9.17) is 4.84 Å². The average Bonchev–Trinajstić information content (AvgIpc) is 3.16. The normalized spacial score (nSPS) is 13.0. The molecule has 2 heterocycles. The number of aromatic nitrogens is 1. The summed E-state index contributed by atoms with van der Waals surface area (Å²) in [5.74, 6) is -2.76. The highest BCUT2D eigenvalue weighted by molar-refractivity contribution is 7.15. The molecular formula is C19H11FN2O4S. The van der Waals surface area contributed by atoms with Gasteiger partial charge in [0.1, 0.15) is 5.82 Å². The van der Waals surface area contributed by atoms with Crippen LogP contribution in [0.4, 0.5) is 4.39 Å². The summed E-state index contributed by atoms with van der Waals surface area (Å²) < 4.78 is 13.2. The standard InChI is InChI=1S/C19H11FN2O4S/c1-10-21-15(16(27-10)11-6-8-12(20)9-7-11)19(25)26-22-17(23)13-4-2-3-5-14(13)18(22)24/h2-9H,1H3. The van der Waals surface area contributed by atoms with Crippen molar-refractivity contribution in [2.45, 2.75) is 6.92 Å². The van der Waals surface area contributed by atoms with Gasteiger partial charge in [-0.3, -0.25) is 9.59 Å². The fourth-order valence-corrected chi connectivity index (χ4v) is 3.65. The molecule has 0 N–H and O–H groups in total. The Morgan fingerprint density at radius 3 is 2.22 bits per heavy atom. The smallest absolute Gasteiger partial charge is 0.322 e. The molecule has 27 heavy (non-hydrogen) atoms. The lowest BCUT2D eigenvalue weighted by atomic mass is 10.1. The maximum absolute atomic E-state index is 13.2. The van der Waals surface area contributed by atoms with Crippen molar-refractivity contribution in [1.82, 2.24) is 10.0 Å². The van der Waals surface area contributed by atoms with Crippen molar-refractivity contribution in [3.05, 3.63) is 76.2 Å². The van der Waals surface area contributed by atoms with Crippen LogP contribution in [0, 0.1) is 12.7 Å². The van der Waals surface area contributed by atoms with Gasteiger partial charge in [0.05, 0.1) is 21.0 Å². The summed E-state index contributed by atoms with van der Waals surface area (Å²) in [6.45, 7) is 1.70. The SMILES string of the molecule is Cc1nc(C(=O)ON2C(=O)c3ccccc3C2=O)c(-c2ccc(F)cc2)s1. The van der Waals surface area contributed by atoms with Crippen molar-refractivity contribution >= 4 is 29.1 Å². The molecule has 0 radical (unpaired) electrons. The Hall–Kier alpha value is -3.39. The largest absolute Gasteiger partial charge is 0.383 e. The molecule has 1 aliphatic rings. The molecule has 3 aromatic rings. The quantitative estimate of drug-likeness (QED) is 0.647. The maximum atomic E-state index is 13.2. The molecule has 8 heteroatoms. The van der Waals surface area contributed by atoms with Crippen molar-refractivity contribution in [2.24, 2.45) is 0 Å². The third-order valence-corrected chi connectivity index (χ3v) is 4.98. The minimum atomic E-state index is -0.937. The zero-order valence-corrected chi connectivity index (χ0v) is 14.7. The van der Waals surface area contributed by atoms with Crippen molar-refractivity contribution in [3.63, 3.8) is 0 Å². The van der Waals surface area contributed by atoms with E-state index in [1.165, 1.54) is 47.7 Å². The number of hydrogen-bond donors (Lipinski definition) is 0. The lowest BCUT2D eigenvalue weighted by Crippen LogP contribution is -2.32. The van der Waals surface area contributed by atoms with E-state index in [1.54, 1.807) is 19.1 Å². The van der Waals surface area contributed by atoms with E-state index in [2.05, 4.69) is 4.98 Å². The number of thiazole rings is 1. The summed E-state index contributed by atoms with van der Waals surface area (Å²) in [5, 5.41) is 1.03. The number of hydrogen-bond acceptors (Lipinski definition) is 6. The van der Waals surface area contributed by atoms with Crippen molar-refractivity contribution < 1.29 is 23.6 Å². The monoisotopic (exact) mass is 382 g/mol. The highest BCUT2D eigenvalue weighted by atomic mass is 32.1. The molecule has 0 atom stereocenters. The number of carbonyl (C=O) groups excluding carboxylic acids is 3. The number of imide groups is 1. The Bertz CT molecular complexity index is 1060. The van der Waals surface area contributed by atoms with Crippen LogP contribution in [0.3, 0.4) is 0 Å². The van der Waals surface area contributed by atoms with Crippen LogP contribution in [-0.4, -0.2) is 27.8 Å². The molecule has 1 aromatic heterocycles. The van der Waals surface area contributed by atoms with Gasteiger partial charge < -0.3 is 4.84 Å². The number of hydroxylamine groups is 2. The predicted molar refractivity (Wildman–Crippen MR) is 94.6 cm³/mol. The number of halogens is 1. The molecule has 0 aliphatic carbocycles. The van der Waals surface area contributed by atoms with E-state index in [9.17, 15) is 18.8 Å². The number of nitrogens with zero attached hydrogens (tertiary/aromatic N) is 2. The number of carbonyl (C=O) groups is 3. The second-order valence-corrected chi connectivity index (χ2v) is 6.95. The number of aryl methyl sites for hydroxylation is 1. The molecule has 0 saturated carbocycles. The molecule has 0 fully saturated rings. The van der Waals surface area contributed by atoms with Crippen LogP contribution >= 0.6 is 11.3 Å². The molecule has 2 amide bonds. The lowest BCUT2D eigenvalue weighted by Gasteiger charge is -2.12. The predicted octanol–water partition coefficient (Wildman–Crippen LogP) is 3.63. The van der Waals surface area contributed by atoms with Gasteiger partial charge in [-0.25, -0.2) is 14.2 Å². The van der Waals surface area contributed by atoms with Crippen LogP contribution in [-0.2, 0) is 4.84 Å². The van der Waals surface area contributed by atoms with E-state index in [-0.39, 0.29) is 16.8 Å². The van der Waals surface area contributed by atoms with Gasteiger partial charge in [-0.2, -0.15) is 0 Å². The molecule has 2 aromatic carbocycles. The van der Waals surface area contributed by atoms with E-state index in [0.29, 0.717) is 20.5 Å². The molecule has 134 valence electrons. The highest BCUT2D eigenvalue weighted by Crippen LogP contribution is 2.32. The number of amides is 2. The van der Waals surface area contributed by atoms with Gasteiger partial charge >= 0.3 is 5.97 Å². The molecule has 0 saturated heterocycles. The first kappa shape index (κ1) is 17.0. The van der Waals surface area contributed by atoms with Gasteiger partial charge in [0, 0.05) is 0 Å². The van der Waals surface area contributed by atoms with Crippen molar-refractivity contribution in [2.75, 3.05) is 0 Å².